The van der Waals surface area contributed by atoms with E-state index in [1.807, 2.05) is 27.7 Å². The Hall–Kier alpha value is -1.61. The van der Waals surface area contributed by atoms with Crippen LogP contribution in [0.1, 0.15) is 73.1 Å². The van der Waals surface area contributed by atoms with E-state index in [-0.39, 0.29) is 23.9 Å². The van der Waals surface area contributed by atoms with E-state index in [0.29, 0.717) is 6.42 Å². The standard InChI is InChI=1S/C23H33N3O2/c1-20(2,24-6)17-11-14-23(5,28-17)16-10-12-21(3,25-7)15-9-13-22(4,26-8)19(27)18(15)16/h15-19,27H,9-14H2,1-5H3. The Morgan fingerprint density at radius 3 is 2.04 bits per heavy atom. The largest absolute Gasteiger partial charge is 0.384 e. The van der Waals surface area contributed by atoms with Gasteiger partial charge in [0.1, 0.15) is 12.2 Å². The van der Waals surface area contributed by atoms with Crippen LogP contribution in [0.3, 0.4) is 0 Å². The molecule has 8 atom stereocenters. The SMILES string of the molecule is [C-]#[N+]C(C)(C)C1CCC(C)(C2CCC(C)([N+]#[C-])C3CCC(C)([N+]#[C-])C(O)C32)O1. The second-order valence-corrected chi connectivity index (χ2v) is 10.5. The lowest BCUT2D eigenvalue weighted by atomic mass is 9.51. The molecule has 8 unspecified atom stereocenters. The monoisotopic (exact) mass is 383 g/mol. The summed E-state index contributed by atoms with van der Waals surface area (Å²) in [6.45, 7) is 32.9. The van der Waals surface area contributed by atoms with Crippen LogP contribution in [0.5, 0.6) is 0 Å². The van der Waals surface area contributed by atoms with Crippen LogP contribution in [0, 0.1) is 37.5 Å². The fourth-order valence-electron chi connectivity index (χ4n) is 6.15. The second kappa shape index (κ2) is 6.73. The molecule has 0 aromatic heterocycles. The fourth-order valence-corrected chi connectivity index (χ4v) is 6.15. The molecule has 0 aromatic rings. The Morgan fingerprint density at radius 1 is 0.893 bits per heavy atom. The van der Waals surface area contributed by atoms with Crippen molar-refractivity contribution in [3.63, 3.8) is 0 Å². The normalized spacial score (nSPS) is 48.8. The first kappa shape index (κ1) is 21.1. The van der Waals surface area contributed by atoms with Crippen molar-refractivity contribution in [3.8, 4) is 0 Å². The summed E-state index contributed by atoms with van der Waals surface area (Å²) in [7, 11) is 0. The number of hydrogen-bond donors (Lipinski definition) is 1. The van der Waals surface area contributed by atoms with Crippen LogP contribution in [0.4, 0.5) is 0 Å². The highest BCUT2D eigenvalue weighted by atomic mass is 16.5. The molecule has 2 aliphatic carbocycles. The first-order valence-electron chi connectivity index (χ1n) is 10.5. The molecular weight excluding hydrogens is 350 g/mol. The van der Waals surface area contributed by atoms with E-state index >= 15 is 0 Å². The highest BCUT2D eigenvalue weighted by Gasteiger charge is 2.65. The number of hydrogen-bond acceptors (Lipinski definition) is 2. The first-order chi connectivity index (χ1) is 13.0. The Kier molecular flexibility index (Phi) is 5.07. The fraction of sp³-hybridized carbons (Fsp3) is 0.870. The average molecular weight is 384 g/mol. The highest BCUT2D eigenvalue weighted by molar-refractivity contribution is 5.19. The van der Waals surface area contributed by atoms with Gasteiger partial charge < -0.3 is 24.4 Å². The van der Waals surface area contributed by atoms with E-state index in [1.54, 1.807) is 0 Å². The summed E-state index contributed by atoms with van der Waals surface area (Å²) in [4.78, 5) is 11.6. The average Bonchev–Trinajstić information content (AvgIpc) is 3.09. The van der Waals surface area contributed by atoms with Gasteiger partial charge in [0.05, 0.1) is 5.60 Å². The molecule has 3 fully saturated rings. The lowest BCUT2D eigenvalue weighted by molar-refractivity contribution is -0.157. The number of rotatable bonds is 2. The van der Waals surface area contributed by atoms with Gasteiger partial charge in [0.25, 0.3) is 11.1 Å². The second-order valence-electron chi connectivity index (χ2n) is 10.5. The number of aliphatic hydroxyl groups excluding tert-OH is 1. The molecule has 5 heteroatoms. The smallest absolute Gasteiger partial charge is 0.255 e. The summed E-state index contributed by atoms with van der Waals surface area (Å²) in [5.41, 5.74) is -2.24. The number of ether oxygens (including phenoxy) is 1. The molecule has 0 bridgehead atoms. The minimum absolute atomic E-state index is 0.0851. The molecular formula is C23H33N3O2. The van der Waals surface area contributed by atoms with Gasteiger partial charge in [-0.25, -0.2) is 19.7 Å². The van der Waals surface area contributed by atoms with Crippen molar-refractivity contribution in [2.75, 3.05) is 0 Å². The summed E-state index contributed by atoms with van der Waals surface area (Å²) in [5.74, 6) is 0.0812. The molecule has 3 aliphatic rings. The van der Waals surface area contributed by atoms with E-state index in [1.165, 1.54) is 0 Å². The van der Waals surface area contributed by atoms with Crippen LogP contribution in [0.15, 0.2) is 0 Å². The molecule has 1 N–H and O–H groups in total. The number of fused-ring (bicyclic) bond motifs is 1. The van der Waals surface area contributed by atoms with E-state index < -0.39 is 28.3 Å². The Morgan fingerprint density at radius 2 is 1.46 bits per heavy atom. The van der Waals surface area contributed by atoms with Crippen LogP contribution in [0.25, 0.3) is 14.5 Å². The van der Waals surface area contributed by atoms with E-state index in [0.717, 1.165) is 32.1 Å². The van der Waals surface area contributed by atoms with Crippen LogP contribution in [-0.2, 0) is 4.74 Å². The third-order valence-corrected chi connectivity index (χ3v) is 8.34. The van der Waals surface area contributed by atoms with Crippen LogP contribution < -0.4 is 0 Å². The molecule has 0 spiro atoms. The lowest BCUT2D eigenvalue weighted by Crippen LogP contribution is -2.62. The van der Waals surface area contributed by atoms with Crippen molar-refractivity contribution in [2.24, 2.45) is 17.8 Å². The predicted molar refractivity (Wildman–Crippen MR) is 108 cm³/mol. The van der Waals surface area contributed by atoms with E-state index in [9.17, 15) is 5.11 Å². The lowest BCUT2D eigenvalue weighted by Gasteiger charge is -2.53. The van der Waals surface area contributed by atoms with Crippen molar-refractivity contribution >= 4 is 0 Å². The predicted octanol–water partition coefficient (Wildman–Crippen LogP) is 4.78. The maximum Gasteiger partial charge on any atom is 0.255 e. The van der Waals surface area contributed by atoms with Crippen molar-refractivity contribution in [3.05, 3.63) is 34.3 Å². The van der Waals surface area contributed by atoms with Gasteiger partial charge >= 0.3 is 0 Å². The molecule has 0 aromatic carbocycles. The summed E-state index contributed by atoms with van der Waals surface area (Å²) in [6.07, 6.45) is 3.92. The van der Waals surface area contributed by atoms with Gasteiger partial charge in [0.2, 0.25) is 5.54 Å². The van der Waals surface area contributed by atoms with Gasteiger partial charge in [-0.1, -0.05) is 0 Å². The van der Waals surface area contributed by atoms with E-state index in [2.05, 4.69) is 21.5 Å². The molecule has 1 aliphatic heterocycles. The number of aliphatic hydroxyl groups is 1. The van der Waals surface area contributed by atoms with Crippen LogP contribution in [0.2, 0.25) is 0 Å². The van der Waals surface area contributed by atoms with Crippen LogP contribution >= 0.6 is 0 Å². The minimum atomic E-state index is -0.788. The van der Waals surface area contributed by atoms with Crippen molar-refractivity contribution in [1.29, 1.82) is 0 Å². The minimum Gasteiger partial charge on any atom is -0.384 e. The van der Waals surface area contributed by atoms with Crippen LogP contribution in [-0.4, -0.2) is 39.5 Å². The number of nitrogens with zero attached hydrogens (tertiary/aromatic N) is 3. The molecule has 2 saturated carbocycles. The van der Waals surface area contributed by atoms with Gasteiger partial charge in [0, 0.05) is 52.4 Å². The Bertz CT molecular complexity index is 759. The molecule has 1 saturated heterocycles. The van der Waals surface area contributed by atoms with Crippen molar-refractivity contribution in [1.82, 2.24) is 0 Å². The Labute approximate surface area is 169 Å². The molecule has 0 amide bonds. The third-order valence-electron chi connectivity index (χ3n) is 8.34. The maximum atomic E-state index is 11.3. The molecule has 0 radical (unpaired) electrons. The first-order valence-corrected chi connectivity index (χ1v) is 10.5. The summed E-state index contributed by atoms with van der Waals surface area (Å²) < 4.78 is 6.57. The maximum absolute atomic E-state index is 11.3. The van der Waals surface area contributed by atoms with Gasteiger partial charge in [0.15, 0.2) is 0 Å². The molecule has 1 heterocycles. The van der Waals surface area contributed by atoms with Crippen molar-refractivity contribution in [2.45, 2.75) is 108 Å². The highest BCUT2D eigenvalue weighted by Crippen LogP contribution is 2.58. The van der Waals surface area contributed by atoms with Crippen molar-refractivity contribution < 1.29 is 9.84 Å². The van der Waals surface area contributed by atoms with Gasteiger partial charge in [-0.05, 0) is 38.5 Å². The van der Waals surface area contributed by atoms with E-state index in [4.69, 9.17) is 24.5 Å². The summed E-state index contributed by atoms with van der Waals surface area (Å²) in [6, 6.07) is 0. The zero-order valence-corrected chi connectivity index (χ0v) is 17.8. The summed E-state index contributed by atoms with van der Waals surface area (Å²) >= 11 is 0. The molecule has 3 rings (SSSR count). The molecule has 28 heavy (non-hydrogen) atoms. The summed E-state index contributed by atoms with van der Waals surface area (Å²) in [5, 5.41) is 11.3. The topological polar surface area (TPSA) is 42.5 Å². The van der Waals surface area contributed by atoms with Gasteiger partial charge in [-0.3, -0.25) is 0 Å². The molecule has 5 nitrogen and oxygen atoms in total. The Balaban J connectivity index is 1.97. The van der Waals surface area contributed by atoms with Gasteiger partial charge in [-0.15, -0.1) is 0 Å². The zero-order valence-electron chi connectivity index (χ0n) is 17.8. The third kappa shape index (κ3) is 3.03. The zero-order chi connectivity index (χ0) is 21.0. The quantitative estimate of drug-likeness (QED) is 0.698. The van der Waals surface area contributed by atoms with Gasteiger partial charge in [-0.2, -0.15) is 0 Å². The molecule has 152 valence electrons.